The van der Waals surface area contributed by atoms with E-state index in [1.165, 1.54) is 6.92 Å². The Bertz CT molecular complexity index is 882. The lowest BCUT2D eigenvalue weighted by Crippen LogP contribution is -2.57. The average Bonchev–Trinajstić information content (AvgIpc) is 3.29. The standard InChI is InChI=1S/C18H22FN3O10S/c1-3-28-17(27)31-9(2)30-16(26)18(7-6-13(23)32-18)22-15(25)11(8-29-22)21-12(33)5-4-10(19)14(20)24/h4,9,11H,3,5-8H2,1-2H3,(H2,20,24)(H,21,33)/b10-4-/t9?,11-,18?/m0/s1. The number of amides is 2. The number of carbonyl (C=O) groups is 5. The van der Waals surface area contributed by atoms with E-state index in [0.717, 1.165) is 6.08 Å². The molecule has 0 aliphatic carbocycles. The molecule has 15 heteroatoms. The maximum Gasteiger partial charge on any atom is 0.511 e. The fraction of sp³-hybridized carbons (Fsp3) is 0.556. The zero-order chi connectivity index (χ0) is 24.8. The monoisotopic (exact) mass is 491 g/mol. The van der Waals surface area contributed by atoms with Crippen LogP contribution >= 0.6 is 12.2 Å². The number of primary amides is 1. The van der Waals surface area contributed by atoms with E-state index in [-0.39, 0.29) is 37.5 Å². The maximum absolute atomic E-state index is 13.2. The molecule has 3 atom stereocenters. The van der Waals surface area contributed by atoms with E-state index in [0.29, 0.717) is 5.06 Å². The van der Waals surface area contributed by atoms with Crippen molar-refractivity contribution in [1.29, 1.82) is 0 Å². The third-order valence-electron chi connectivity index (χ3n) is 4.30. The van der Waals surface area contributed by atoms with Gasteiger partial charge in [0.1, 0.15) is 12.6 Å². The summed E-state index contributed by atoms with van der Waals surface area (Å²) in [6.45, 7) is 2.47. The number of ether oxygens (including phenoxy) is 4. The molecular formula is C18H22FN3O10S. The predicted octanol–water partition coefficient (Wildman–Crippen LogP) is -0.130. The molecule has 2 heterocycles. The Morgan fingerprint density at radius 2 is 2.09 bits per heavy atom. The van der Waals surface area contributed by atoms with Crippen LogP contribution < -0.4 is 11.1 Å². The van der Waals surface area contributed by atoms with E-state index in [1.807, 2.05) is 0 Å². The zero-order valence-electron chi connectivity index (χ0n) is 17.7. The molecule has 182 valence electrons. The summed E-state index contributed by atoms with van der Waals surface area (Å²) in [5, 5.41) is 3.15. The minimum absolute atomic E-state index is 0.0216. The number of nitrogens with one attached hydrogen (secondary N) is 1. The fourth-order valence-corrected chi connectivity index (χ4v) is 3.06. The van der Waals surface area contributed by atoms with Crippen LogP contribution in [0.3, 0.4) is 0 Å². The molecule has 13 nitrogen and oxygen atoms in total. The van der Waals surface area contributed by atoms with Crippen LogP contribution in [0.2, 0.25) is 0 Å². The van der Waals surface area contributed by atoms with E-state index in [2.05, 4.69) is 10.1 Å². The van der Waals surface area contributed by atoms with E-state index in [9.17, 15) is 28.4 Å². The van der Waals surface area contributed by atoms with Crippen LogP contribution in [0.5, 0.6) is 0 Å². The molecule has 0 aromatic heterocycles. The molecule has 2 rings (SSSR count). The van der Waals surface area contributed by atoms with Crippen LogP contribution in [0.25, 0.3) is 0 Å². The van der Waals surface area contributed by atoms with Crippen LogP contribution in [-0.2, 0) is 43.0 Å². The minimum Gasteiger partial charge on any atom is -0.435 e. The van der Waals surface area contributed by atoms with Gasteiger partial charge in [0.05, 0.1) is 18.0 Å². The summed E-state index contributed by atoms with van der Waals surface area (Å²) < 4.78 is 32.6. The van der Waals surface area contributed by atoms with Crippen molar-refractivity contribution in [2.75, 3.05) is 13.2 Å². The van der Waals surface area contributed by atoms with Crippen LogP contribution in [0.4, 0.5) is 9.18 Å². The number of nitrogens with two attached hydrogens (primary N) is 1. The minimum atomic E-state index is -2.25. The molecule has 0 bridgehead atoms. The highest BCUT2D eigenvalue weighted by Crippen LogP contribution is 2.35. The predicted molar refractivity (Wildman–Crippen MR) is 107 cm³/mol. The van der Waals surface area contributed by atoms with E-state index < -0.39 is 53.8 Å². The third-order valence-corrected chi connectivity index (χ3v) is 4.59. The van der Waals surface area contributed by atoms with Crippen LogP contribution in [0, 0.1) is 0 Å². The van der Waals surface area contributed by atoms with Crippen molar-refractivity contribution < 1.29 is 52.1 Å². The summed E-state index contributed by atoms with van der Waals surface area (Å²) in [5.74, 6) is -5.31. The molecule has 3 N–H and O–H groups in total. The Balaban J connectivity index is 2.08. The van der Waals surface area contributed by atoms with Crippen LogP contribution in [0.15, 0.2) is 11.9 Å². The summed E-state index contributed by atoms with van der Waals surface area (Å²) in [6, 6.07) is -1.11. The van der Waals surface area contributed by atoms with Gasteiger partial charge in [-0.05, 0) is 13.0 Å². The summed E-state index contributed by atoms with van der Waals surface area (Å²) in [6.07, 6.45) is -2.44. The molecule has 2 aliphatic heterocycles. The number of nitrogens with zero attached hydrogens (tertiary/aromatic N) is 1. The van der Waals surface area contributed by atoms with Gasteiger partial charge in [-0.2, -0.15) is 5.06 Å². The molecule has 33 heavy (non-hydrogen) atoms. The smallest absolute Gasteiger partial charge is 0.435 e. The van der Waals surface area contributed by atoms with Crippen LogP contribution in [0.1, 0.15) is 33.1 Å². The highest BCUT2D eigenvalue weighted by molar-refractivity contribution is 7.80. The lowest BCUT2D eigenvalue weighted by molar-refractivity contribution is -0.265. The first-order valence-electron chi connectivity index (χ1n) is 9.68. The van der Waals surface area contributed by atoms with Gasteiger partial charge in [-0.15, -0.1) is 0 Å². The molecule has 2 aliphatic rings. The normalized spacial score (nSPS) is 23.5. The van der Waals surface area contributed by atoms with Crippen LogP contribution in [-0.4, -0.2) is 71.2 Å². The largest absolute Gasteiger partial charge is 0.511 e. The van der Waals surface area contributed by atoms with Crippen molar-refractivity contribution in [3.8, 4) is 0 Å². The summed E-state index contributed by atoms with van der Waals surface area (Å²) in [4.78, 5) is 64.8. The van der Waals surface area contributed by atoms with Crippen molar-refractivity contribution >= 4 is 47.1 Å². The van der Waals surface area contributed by atoms with E-state index in [1.54, 1.807) is 6.92 Å². The number of hydroxylamine groups is 2. The quantitative estimate of drug-likeness (QED) is 0.144. The first-order valence-corrected chi connectivity index (χ1v) is 10.1. The van der Waals surface area contributed by atoms with Gasteiger partial charge in [-0.1, -0.05) is 12.2 Å². The number of hydrogen-bond donors (Lipinski definition) is 2. The highest BCUT2D eigenvalue weighted by atomic mass is 32.1. The maximum atomic E-state index is 13.2. The molecule has 0 radical (unpaired) electrons. The molecule has 2 amide bonds. The van der Waals surface area contributed by atoms with Crippen molar-refractivity contribution in [3.63, 3.8) is 0 Å². The highest BCUT2D eigenvalue weighted by Gasteiger charge is 2.60. The second kappa shape index (κ2) is 11.0. The summed E-state index contributed by atoms with van der Waals surface area (Å²) >= 11 is 5.00. The van der Waals surface area contributed by atoms with Gasteiger partial charge in [0.2, 0.25) is 6.29 Å². The topological polar surface area (TPSA) is 173 Å². The van der Waals surface area contributed by atoms with Gasteiger partial charge >= 0.3 is 23.8 Å². The van der Waals surface area contributed by atoms with Gasteiger partial charge in [0.25, 0.3) is 11.8 Å². The van der Waals surface area contributed by atoms with Crippen molar-refractivity contribution in [3.05, 3.63) is 11.9 Å². The molecule has 0 saturated carbocycles. The molecule has 0 spiro atoms. The fourth-order valence-electron chi connectivity index (χ4n) is 2.83. The third kappa shape index (κ3) is 6.35. The first kappa shape index (κ1) is 25.9. The summed E-state index contributed by atoms with van der Waals surface area (Å²) in [5.41, 5.74) is 2.53. The number of hydrogen-bond acceptors (Lipinski definition) is 11. The van der Waals surface area contributed by atoms with E-state index >= 15 is 0 Å². The Labute approximate surface area is 192 Å². The van der Waals surface area contributed by atoms with Crippen molar-refractivity contribution in [2.45, 2.75) is 51.2 Å². The number of carbonyl (C=O) groups excluding carboxylic acids is 5. The number of rotatable bonds is 9. The Morgan fingerprint density at radius 3 is 2.67 bits per heavy atom. The SMILES string of the molecule is CCOC(=O)OC(C)OC(=O)C1(N2OC[C@H](NC(=S)C/C=C(\F)C(N)=O)C2=O)CCC(=O)O1. The van der Waals surface area contributed by atoms with Gasteiger partial charge in [0.15, 0.2) is 5.83 Å². The van der Waals surface area contributed by atoms with Gasteiger partial charge in [0, 0.05) is 19.8 Å². The lowest BCUT2D eigenvalue weighted by atomic mass is 10.1. The van der Waals surface area contributed by atoms with Crippen molar-refractivity contribution in [1.82, 2.24) is 10.4 Å². The average molecular weight is 491 g/mol. The van der Waals surface area contributed by atoms with Gasteiger partial charge in [-0.25, -0.2) is 14.0 Å². The summed E-state index contributed by atoms with van der Waals surface area (Å²) in [7, 11) is 0. The molecular weight excluding hydrogens is 469 g/mol. The molecule has 2 fully saturated rings. The second-order valence-electron chi connectivity index (χ2n) is 6.70. The first-order chi connectivity index (χ1) is 15.5. The lowest BCUT2D eigenvalue weighted by Gasteiger charge is -2.33. The molecule has 0 aromatic rings. The number of thiocarbonyl (C=S) groups is 1. The molecule has 2 unspecified atom stereocenters. The Morgan fingerprint density at radius 1 is 1.39 bits per heavy atom. The zero-order valence-corrected chi connectivity index (χ0v) is 18.5. The number of halogens is 1. The van der Waals surface area contributed by atoms with Gasteiger partial charge in [-0.3, -0.25) is 19.2 Å². The van der Waals surface area contributed by atoms with Gasteiger partial charge < -0.3 is 30.0 Å². The Hall–Kier alpha value is -3.33. The number of esters is 2. The Kier molecular flexibility index (Phi) is 8.64. The second-order valence-corrected chi connectivity index (χ2v) is 7.19. The van der Waals surface area contributed by atoms with Crippen molar-refractivity contribution in [2.24, 2.45) is 5.73 Å². The molecule has 0 aromatic carbocycles. The number of cyclic esters (lactones) is 1. The molecule has 2 saturated heterocycles. The van der Waals surface area contributed by atoms with E-state index in [4.69, 9.17) is 37.0 Å².